The average Bonchev–Trinajstić information content (AvgIpc) is 3.46. The summed E-state index contributed by atoms with van der Waals surface area (Å²) in [6.07, 6.45) is 1.76. The first-order valence-corrected chi connectivity index (χ1v) is 11.8. The van der Waals surface area contributed by atoms with Crippen LogP contribution >= 0.6 is 23.1 Å². The van der Waals surface area contributed by atoms with Crippen molar-refractivity contribution < 1.29 is 13.9 Å². The number of allylic oxidation sites excluding steroid dienone is 1. The maximum atomic E-state index is 13.1. The molecule has 33 heavy (non-hydrogen) atoms. The van der Waals surface area contributed by atoms with Gasteiger partial charge >= 0.3 is 0 Å². The van der Waals surface area contributed by atoms with Crippen LogP contribution in [0.5, 0.6) is 5.75 Å². The Labute approximate surface area is 198 Å². The van der Waals surface area contributed by atoms with Gasteiger partial charge in [0.25, 0.3) is 0 Å². The zero-order chi connectivity index (χ0) is 23.2. The summed E-state index contributed by atoms with van der Waals surface area (Å²) in [5.74, 6) is 1.07. The second-order valence-corrected chi connectivity index (χ2v) is 8.62. The Morgan fingerprint density at radius 1 is 1.18 bits per heavy atom. The standard InChI is InChI=1S/C23H20FN5O2S2/c1-3-12-29-21(16-6-10-18(31-2)11-7-16)27-28-23(29)33-14-20(30)26-22-25-19(13-32-22)15-4-8-17(24)9-5-15/h3-11,13H,1,12,14H2,2H3,(H,25,26,30). The zero-order valence-corrected chi connectivity index (χ0v) is 19.3. The number of carbonyl (C=O) groups is 1. The third-order valence-corrected chi connectivity index (χ3v) is 6.32. The largest absolute Gasteiger partial charge is 0.497 e. The van der Waals surface area contributed by atoms with E-state index in [4.69, 9.17) is 4.74 Å². The number of benzene rings is 2. The summed E-state index contributed by atoms with van der Waals surface area (Å²) in [6.45, 7) is 4.32. The third kappa shape index (κ3) is 5.47. The number of methoxy groups -OCH3 is 1. The Bertz CT molecular complexity index is 1250. The molecule has 4 aromatic rings. The molecule has 0 unspecified atom stereocenters. The Balaban J connectivity index is 1.41. The SMILES string of the molecule is C=CCn1c(SCC(=O)Nc2nc(-c3ccc(F)cc3)cs2)nnc1-c1ccc(OC)cc1. The molecule has 0 aliphatic rings. The smallest absolute Gasteiger partial charge is 0.236 e. The van der Waals surface area contributed by atoms with E-state index in [-0.39, 0.29) is 17.5 Å². The van der Waals surface area contributed by atoms with Gasteiger partial charge in [0, 0.05) is 23.1 Å². The van der Waals surface area contributed by atoms with Crippen LogP contribution in [0.4, 0.5) is 9.52 Å². The molecule has 4 rings (SSSR count). The lowest BCUT2D eigenvalue weighted by atomic mass is 10.2. The van der Waals surface area contributed by atoms with Crippen LogP contribution < -0.4 is 10.1 Å². The van der Waals surface area contributed by atoms with Crippen LogP contribution in [-0.4, -0.2) is 38.5 Å². The van der Waals surface area contributed by atoms with Gasteiger partial charge < -0.3 is 10.1 Å². The molecule has 0 radical (unpaired) electrons. The van der Waals surface area contributed by atoms with Crippen LogP contribution in [0.1, 0.15) is 0 Å². The molecule has 2 aromatic heterocycles. The Kier molecular flexibility index (Phi) is 7.16. The van der Waals surface area contributed by atoms with Crippen molar-refractivity contribution in [2.24, 2.45) is 0 Å². The minimum Gasteiger partial charge on any atom is -0.497 e. The number of rotatable bonds is 9. The lowest BCUT2D eigenvalue weighted by molar-refractivity contribution is -0.113. The molecule has 0 spiro atoms. The van der Waals surface area contributed by atoms with Gasteiger partial charge in [-0.3, -0.25) is 9.36 Å². The van der Waals surface area contributed by atoms with E-state index in [0.717, 1.165) is 16.9 Å². The number of thioether (sulfide) groups is 1. The summed E-state index contributed by atoms with van der Waals surface area (Å²) >= 11 is 2.59. The molecule has 0 fully saturated rings. The monoisotopic (exact) mass is 481 g/mol. The predicted octanol–water partition coefficient (Wildman–Crippen LogP) is 5.13. The number of hydrogen-bond acceptors (Lipinski definition) is 7. The number of anilines is 1. The van der Waals surface area contributed by atoms with Gasteiger partial charge in [-0.05, 0) is 48.5 Å². The first kappa shape index (κ1) is 22.7. The maximum absolute atomic E-state index is 13.1. The van der Waals surface area contributed by atoms with E-state index >= 15 is 0 Å². The van der Waals surface area contributed by atoms with Gasteiger partial charge in [-0.2, -0.15) is 0 Å². The summed E-state index contributed by atoms with van der Waals surface area (Å²) in [4.78, 5) is 16.9. The number of aromatic nitrogens is 4. The third-order valence-electron chi connectivity index (χ3n) is 4.60. The van der Waals surface area contributed by atoms with Crippen LogP contribution in [0.3, 0.4) is 0 Å². The number of amides is 1. The van der Waals surface area contributed by atoms with E-state index in [1.165, 1.54) is 35.2 Å². The average molecular weight is 482 g/mol. The van der Waals surface area contributed by atoms with E-state index in [9.17, 15) is 9.18 Å². The van der Waals surface area contributed by atoms with Crippen molar-refractivity contribution in [1.82, 2.24) is 19.7 Å². The molecule has 0 saturated heterocycles. The van der Waals surface area contributed by atoms with E-state index in [1.54, 1.807) is 25.3 Å². The molecule has 0 bridgehead atoms. The first-order chi connectivity index (χ1) is 16.1. The molecule has 2 heterocycles. The van der Waals surface area contributed by atoms with Gasteiger partial charge in [0.1, 0.15) is 11.6 Å². The summed E-state index contributed by atoms with van der Waals surface area (Å²) < 4.78 is 20.2. The van der Waals surface area contributed by atoms with Crippen molar-refractivity contribution in [2.75, 3.05) is 18.2 Å². The fraction of sp³-hybridized carbons (Fsp3) is 0.130. The van der Waals surface area contributed by atoms with E-state index < -0.39 is 0 Å². The Hall–Kier alpha value is -3.50. The second-order valence-electron chi connectivity index (χ2n) is 6.82. The van der Waals surface area contributed by atoms with Crippen LogP contribution in [0, 0.1) is 5.82 Å². The number of ether oxygens (including phenoxy) is 1. The molecule has 1 amide bonds. The van der Waals surface area contributed by atoms with Crippen molar-refractivity contribution in [3.63, 3.8) is 0 Å². The normalized spacial score (nSPS) is 10.7. The zero-order valence-electron chi connectivity index (χ0n) is 17.7. The number of nitrogens with zero attached hydrogens (tertiary/aromatic N) is 4. The molecule has 7 nitrogen and oxygen atoms in total. The van der Waals surface area contributed by atoms with Crippen LogP contribution in [0.2, 0.25) is 0 Å². The highest BCUT2D eigenvalue weighted by Crippen LogP contribution is 2.27. The highest BCUT2D eigenvalue weighted by atomic mass is 32.2. The summed E-state index contributed by atoms with van der Waals surface area (Å²) in [6, 6.07) is 13.6. The van der Waals surface area contributed by atoms with Crippen molar-refractivity contribution in [2.45, 2.75) is 11.7 Å². The Morgan fingerprint density at radius 3 is 2.61 bits per heavy atom. The van der Waals surface area contributed by atoms with Gasteiger partial charge in [-0.1, -0.05) is 17.8 Å². The fourth-order valence-corrected chi connectivity index (χ4v) is 4.50. The minimum atomic E-state index is -0.306. The molecule has 0 aliphatic heterocycles. The molecule has 2 aromatic carbocycles. The van der Waals surface area contributed by atoms with E-state index in [2.05, 4.69) is 27.1 Å². The van der Waals surface area contributed by atoms with E-state index in [1.807, 2.05) is 34.2 Å². The van der Waals surface area contributed by atoms with E-state index in [0.29, 0.717) is 28.4 Å². The van der Waals surface area contributed by atoms with Crippen molar-refractivity contribution in [3.8, 4) is 28.4 Å². The van der Waals surface area contributed by atoms with Gasteiger partial charge in [0.2, 0.25) is 5.91 Å². The van der Waals surface area contributed by atoms with Crippen LogP contribution in [0.25, 0.3) is 22.6 Å². The van der Waals surface area contributed by atoms with Gasteiger partial charge in [-0.15, -0.1) is 28.1 Å². The van der Waals surface area contributed by atoms with Crippen LogP contribution in [-0.2, 0) is 11.3 Å². The molecule has 1 N–H and O–H groups in total. The van der Waals surface area contributed by atoms with Crippen molar-refractivity contribution >= 4 is 34.1 Å². The number of hydrogen-bond donors (Lipinski definition) is 1. The maximum Gasteiger partial charge on any atom is 0.236 e. The van der Waals surface area contributed by atoms with Gasteiger partial charge in [0.15, 0.2) is 16.1 Å². The topological polar surface area (TPSA) is 81.9 Å². The van der Waals surface area contributed by atoms with Crippen LogP contribution in [0.15, 0.2) is 71.7 Å². The molecule has 0 atom stereocenters. The van der Waals surface area contributed by atoms with Crippen molar-refractivity contribution in [3.05, 3.63) is 72.4 Å². The number of halogens is 1. The molecule has 168 valence electrons. The lowest BCUT2D eigenvalue weighted by Crippen LogP contribution is -2.14. The Morgan fingerprint density at radius 2 is 1.91 bits per heavy atom. The number of thiazole rings is 1. The highest BCUT2D eigenvalue weighted by molar-refractivity contribution is 7.99. The number of carbonyl (C=O) groups excluding carboxylic acids is 1. The summed E-state index contributed by atoms with van der Waals surface area (Å²) in [7, 11) is 1.62. The molecular formula is C23H20FN5O2S2. The van der Waals surface area contributed by atoms with Gasteiger partial charge in [-0.25, -0.2) is 9.37 Å². The molecular weight excluding hydrogens is 461 g/mol. The number of nitrogens with one attached hydrogen (secondary N) is 1. The molecule has 0 saturated carbocycles. The summed E-state index contributed by atoms with van der Waals surface area (Å²) in [5.41, 5.74) is 2.35. The minimum absolute atomic E-state index is 0.142. The fourth-order valence-electron chi connectivity index (χ4n) is 3.01. The molecule has 10 heteroatoms. The first-order valence-electron chi connectivity index (χ1n) is 9.90. The van der Waals surface area contributed by atoms with Crippen molar-refractivity contribution in [1.29, 1.82) is 0 Å². The second kappa shape index (κ2) is 10.4. The quantitative estimate of drug-likeness (QED) is 0.264. The molecule has 0 aliphatic carbocycles. The van der Waals surface area contributed by atoms with Gasteiger partial charge in [0.05, 0.1) is 18.6 Å². The summed E-state index contributed by atoms with van der Waals surface area (Å²) in [5, 5.41) is 14.3. The lowest BCUT2D eigenvalue weighted by Gasteiger charge is -2.08. The predicted molar refractivity (Wildman–Crippen MR) is 129 cm³/mol. The highest BCUT2D eigenvalue weighted by Gasteiger charge is 2.16.